The molecule has 0 saturated heterocycles. The molecule has 0 fully saturated rings. The summed E-state index contributed by atoms with van der Waals surface area (Å²) in [5, 5.41) is 3.01. The third kappa shape index (κ3) is 4.12. The lowest BCUT2D eigenvalue weighted by molar-refractivity contribution is 0.222. The number of rotatable bonds is 5. The molecule has 0 aliphatic carbocycles. The Hall–Kier alpha value is -1.36. The van der Waals surface area contributed by atoms with Crippen LogP contribution in [0, 0.1) is 0 Å². The highest BCUT2D eigenvalue weighted by Crippen LogP contribution is 2.12. The second kappa shape index (κ2) is 5.50. The second-order valence-corrected chi connectivity index (χ2v) is 3.38. The van der Waals surface area contributed by atoms with Crippen LogP contribution in [-0.4, -0.2) is 27.6 Å². The number of hydrogen-bond acceptors (Lipinski definition) is 5. The molecule has 0 aliphatic heterocycles. The number of halogens is 1. The monoisotopic (exact) mass is 228 g/mol. The molecule has 1 rings (SSSR count). The van der Waals surface area contributed by atoms with E-state index in [9.17, 15) is 0 Å². The van der Waals surface area contributed by atoms with Crippen LogP contribution in [0.2, 0.25) is 5.28 Å². The van der Waals surface area contributed by atoms with E-state index in [2.05, 4.69) is 26.8 Å². The molecule has 1 aromatic rings. The van der Waals surface area contributed by atoms with Gasteiger partial charge in [-0.3, -0.25) is 0 Å². The maximum atomic E-state index is 5.70. The quantitative estimate of drug-likeness (QED) is 0.781. The summed E-state index contributed by atoms with van der Waals surface area (Å²) >= 11 is 5.70. The van der Waals surface area contributed by atoms with E-state index in [0.717, 1.165) is 0 Å². The van der Waals surface area contributed by atoms with Gasteiger partial charge in [-0.05, 0) is 25.4 Å². The summed E-state index contributed by atoms with van der Waals surface area (Å²) in [5.41, 5.74) is 0. The Bertz CT molecular complexity index is 343. The lowest BCUT2D eigenvalue weighted by Gasteiger charge is -2.08. The zero-order valence-electron chi connectivity index (χ0n) is 8.70. The van der Waals surface area contributed by atoms with Crippen LogP contribution in [0.25, 0.3) is 0 Å². The molecule has 0 amide bonds. The van der Waals surface area contributed by atoms with Crippen molar-refractivity contribution in [2.45, 2.75) is 20.0 Å². The highest BCUT2D eigenvalue weighted by Gasteiger charge is 2.06. The Morgan fingerprint density at radius 1 is 1.47 bits per heavy atom. The van der Waals surface area contributed by atoms with Crippen LogP contribution in [-0.2, 0) is 0 Å². The fraction of sp³-hybridized carbons (Fsp3) is 0.444. The maximum absolute atomic E-state index is 5.70. The van der Waals surface area contributed by atoms with E-state index in [0.29, 0.717) is 12.5 Å². The van der Waals surface area contributed by atoms with Crippen LogP contribution >= 0.6 is 11.6 Å². The first-order chi connectivity index (χ1) is 7.11. The molecule has 0 spiro atoms. The minimum Gasteiger partial charge on any atom is -0.461 e. The largest absolute Gasteiger partial charge is 0.461 e. The highest BCUT2D eigenvalue weighted by molar-refractivity contribution is 6.28. The van der Waals surface area contributed by atoms with Gasteiger partial charge in [0.15, 0.2) is 0 Å². The molecule has 6 heteroatoms. The van der Waals surface area contributed by atoms with Crippen molar-refractivity contribution in [3.05, 3.63) is 17.9 Å². The van der Waals surface area contributed by atoms with E-state index < -0.39 is 0 Å². The molecular formula is C9H13ClN4O. The average Bonchev–Trinajstić information content (AvgIpc) is 2.12. The van der Waals surface area contributed by atoms with Gasteiger partial charge in [-0.15, -0.1) is 6.58 Å². The van der Waals surface area contributed by atoms with Crippen molar-refractivity contribution in [3.63, 3.8) is 0 Å². The number of aromatic nitrogens is 3. The lowest BCUT2D eigenvalue weighted by atomic mass is 10.5. The third-order valence-corrected chi connectivity index (χ3v) is 1.50. The lowest BCUT2D eigenvalue weighted by Crippen LogP contribution is -2.11. The fourth-order valence-corrected chi connectivity index (χ4v) is 0.990. The zero-order chi connectivity index (χ0) is 11.3. The van der Waals surface area contributed by atoms with Gasteiger partial charge in [-0.2, -0.15) is 15.0 Å². The first-order valence-corrected chi connectivity index (χ1v) is 4.92. The van der Waals surface area contributed by atoms with Crippen LogP contribution in [0.4, 0.5) is 5.95 Å². The molecular weight excluding hydrogens is 216 g/mol. The van der Waals surface area contributed by atoms with Crippen molar-refractivity contribution in [3.8, 4) is 6.01 Å². The van der Waals surface area contributed by atoms with E-state index in [1.165, 1.54) is 0 Å². The summed E-state index contributed by atoms with van der Waals surface area (Å²) in [6.07, 6.45) is 1.69. The molecule has 5 nitrogen and oxygen atoms in total. The second-order valence-electron chi connectivity index (χ2n) is 3.05. The number of nitrogens with one attached hydrogen (secondary N) is 1. The van der Waals surface area contributed by atoms with Crippen LogP contribution in [0.3, 0.4) is 0 Å². The predicted octanol–water partition coefficient (Wildman–Crippen LogP) is 1.91. The van der Waals surface area contributed by atoms with Gasteiger partial charge in [0, 0.05) is 6.54 Å². The maximum Gasteiger partial charge on any atom is 0.322 e. The van der Waals surface area contributed by atoms with Gasteiger partial charge in [0.2, 0.25) is 11.2 Å². The zero-order valence-corrected chi connectivity index (χ0v) is 9.45. The van der Waals surface area contributed by atoms with Gasteiger partial charge < -0.3 is 10.1 Å². The van der Waals surface area contributed by atoms with Crippen molar-refractivity contribution in [1.29, 1.82) is 0 Å². The number of ether oxygens (including phenoxy) is 1. The number of anilines is 1. The minimum absolute atomic E-state index is 0.00396. The Morgan fingerprint density at radius 3 is 2.80 bits per heavy atom. The number of hydrogen-bond donors (Lipinski definition) is 1. The molecule has 82 valence electrons. The van der Waals surface area contributed by atoms with Crippen molar-refractivity contribution in [1.82, 2.24) is 15.0 Å². The van der Waals surface area contributed by atoms with Gasteiger partial charge >= 0.3 is 6.01 Å². The van der Waals surface area contributed by atoms with Crippen molar-refractivity contribution in [2.24, 2.45) is 0 Å². The van der Waals surface area contributed by atoms with Gasteiger partial charge in [0.25, 0.3) is 0 Å². The van der Waals surface area contributed by atoms with Gasteiger partial charge in [0.05, 0.1) is 6.10 Å². The smallest absolute Gasteiger partial charge is 0.322 e. The Balaban J connectivity index is 2.79. The van der Waals surface area contributed by atoms with Crippen LogP contribution < -0.4 is 10.1 Å². The van der Waals surface area contributed by atoms with E-state index in [-0.39, 0.29) is 17.4 Å². The summed E-state index contributed by atoms with van der Waals surface area (Å²) in [7, 11) is 0. The Kier molecular flexibility index (Phi) is 4.30. The SMILES string of the molecule is C=CCNc1nc(Cl)nc(OC(C)C)n1. The molecule has 0 bridgehead atoms. The van der Waals surface area contributed by atoms with Crippen LogP contribution in [0.5, 0.6) is 6.01 Å². The summed E-state index contributed by atoms with van der Waals surface area (Å²) in [5.74, 6) is 0.380. The van der Waals surface area contributed by atoms with Crippen molar-refractivity contribution < 1.29 is 4.74 Å². The molecule has 1 N–H and O–H groups in total. The van der Waals surface area contributed by atoms with E-state index in [1.54, 1.807) is 6.08 Å². The van der Waals surface area contributed by atoms with E-state index >= 15 is 0 Å². The van der Waals surface area contributed by atoms with Crippen molar-refractivity contribution >= 4 is 17.5 Å². The third-order valence-electron chi connectivity index (χ3n) is 1.33. The number of nitrogens with zero attached hydrogens (tertiary/aromatic N) is 3. The minimum atomic E-state index is -0.00396. The van der Waals surface area contributed by atoms with Gasteiger partial charge in [-0.1, -0.05) is 6.08 Å². The summed E-state index contributed by atoms with van der Waals surface area (Å²) in [6.45, 7) is 7.90. The van der Waals surface area contributed by atoms with Crippen LogP contribution in [0.15, 0.2) is 12.7 Å². The molecule has 1 aromatic heterocycles. The molecule has 0 unspecified atom stereocenters. The first-order valence-electron chi connectivity index (χ1n) is 4.55. The molecule has 0 radical (unpaired) electrons. The summed E-state index contributed by atoms with van der Waals surface area (Å²) in [4.78, 5) is 11.7. The molecule has 15 heavy (non-hydrogen) atoms. The molecule has 0 saturated carbocycles. The molecule has 1 heterocycles. The predicted molar refractivity (Wildman–Crippen MR) is 59.3 cm³/mol. The molecule has 0 atom stereocenters. The molecule has 0 aromatic carbocycles. The van der Waals surface area contributed by atoms with Gasteiger partial charge in [-0.25, -0.2) is 0 Å². The Labute approximate surface area is 93.6 Å². The fourth-order valence-electron chi connectivity index (χ4n) is 0.838. The van der Waals surface area contributed by atoms with Gasteiger partial charge in [0.1, 0.15) is 0 Å². The van der Waals surface area contributed by atoms with E-state index in [1.807, 2.05) is 13.8 Å². The summed E-state index contributed by atoms with van der Waals surface area (Å²) in [6, 6.07) is 0.219. The highest BCUT2D eigenvalue weighted by atomic mass is 35.5. The normalized spacial score (nSPS) is 10.1. The average molecular weight is 229 g/mol. The Morgan fingerprint density at radius 2 is 2.20 bits per heavy atom. The van der Waals surface area contributed by atoms with Crippen LogP contribution in [0.1, 0.15) is 13.8 Å². The standard InChI is InChI=1S/C9H13ClN4O/c1-4-5-11-8-12-7(10)13-9(14-8)15-6(2)3/h4,6H,1,5H2,2-3H3,(H,11,12,13,14). The topological polar surface area (TPSA) is 59.9 Å². The first kappa shape index (κ1) is 11.7. The summed E-state index contributed by atoms with van der Waals surface area (Å²) < 4.78 is 5.30. The molecule has 0 aliphatic rings. The van der Waals surface area contributed by atoms with E-state index in [4.69, 9.17) is 16.3 Å². The van der Waals surface area contributed by atoms with Crippen molar-refractivity contribution in [2.75, 3.05) is 11.9 Å².